The van der Waals surface area contributed by atoms with Crippen LogP contribution in [0.3, 0.4) is 0 Å². The lowest BCUT2D eigenvalue weighted by Crippen LogP contribution is -2.52. The van der Waals surface area contributed by atoms with Gasteiger partial charge in [0.15, 0.2) is 0 Å². The maximum absolute atomic E-state index is 5.50. The number of anilines is 2. The molecule has 2 aromatic heterocycles. The highest BCUT2D eigenvalue weighted by Gasteiger charge is 2.35. The van der Waals surface area contributed by atoms with Gasteiger partial charge in [0.1, 0.15) is 5.82 Å². The molecule has 6 rings (SSSR count). The number of fused-ring (bicyclic) bond motifs is 4. The number of nitrogens with one attached hydrogen (secondary N) is 1. The van der Waals surface area contributed by atoms with Gasteiger partial charge in [-0.1, -0.05) is 24.3 Å². The fourth-order valence-corrected chi connectivity index (χ4v) is 5.27. The lowest BCUT2D eigenvalue weighted by atomic mass is 10.0. The van der Waals surface area contributed by atoms with Crippen LogP contribution in [0.1, 0.15) is 24.1 Å². The number of piperazine rings is 1. The summed E-state index contributed by atoms with van der Waals surface area (Å²) in [5.74, 6) is 1.07. The van der Waals surface area contributed by atoms with Gasteiger partial charge in [0.05, 0.1) is 31.2 Å². The van der Waals surface area contributed by atoms with E-state index in [9.17, 15) is 0 Å². The molecular formula is C23H26N6O. The smallest absolute Gasteiger partial charge is 0.318 e. The van der Waals surface area contributed by atoms with E-state index in [1.54, 1.807) is 7.11 Å². The zero-order valence-corrected chi connectivity index (χ0v) is 17.2. The van der Waals surface area contributed by atoms with Crippen LogP contribution < -0.4 is 19.9 Å². The SMILES string of the molecule is COc1nc2c(c(N3CC4CCC(C3)N4)n1)CCN(c1cncc3ccccc13)C2. The summed E-state index contributed by atoms with van der Waals surface area (Å²) in [4.78, 5) is 18.9. The zero-order valence-electron chi connectivity index (χ0n) is 17.2. The van der Waals surface area contributed by atoms with E-state index in [4.69, 9.17) is 14.7 Å². The van der Waals surface area contributed by atoms with Crippen molar-refractivity contribution < 1.29 is 4.74 Å². The average Bonchev–Trinajstić information content (AvgIpc) is 3.14. The summed E-state index contributed by atoms with van der Waals surface area (Å²) in [6.45, 7) is 3.71. The molecule has 2 bridgehead atoms. The molecule has 2 saturated heterocycles. The molecule has 1 aromatic carbocycles. The van der Waals surface area contributed by atoms with Crippen LogP contribution in [0, 0.1) is 0 Å². The predicted octanol–water partition coefficient (Wildman–Crippen LogP) is 2.54. The second-order valence-electron chi connectivity index (χ2n) is 8.55. The number of ether oxygens (including phenoxy) is 1. The minimum absolute atomic E-state index is 0.465. The van der Waals surface area contributed by atoms with Crippen LogP contribution in [-0.2, 0) is 13.0 Å². The monoisotopic (exact) mass is 402 g/mol. The first-order chi connectivity index (χ1) is 14.8. The molecular weight excluding hydrogens is 376 g/mol. The number of rotatable bonds is 3. The number of aromatic nitrogens is 3. The molecule has 5 heterocycles. The summed E-state index contributed by atoms with van der Waals surface area (Å²) in [5.41, 5.74) is 3.52. The first-order valence-electron chi connectivity index (χ1n) is 10.8. The van der Waals surface area contributed by atoms with Crippen LogP contribution in [0.5, 0.6) is 6.01 Å². The Hall–Kier alpha value is -2.93. The summed E-state index contributed by atoms with van der Waals surface area (Å²) >= 11 is 0. The van der Waals surface area contributed by atoms with Gasteiger partial charge in [-0.05, 0) is 19.3 Å². The Morgan fingerprint density at radius 1 is 1.03 bits per heavy atom. The first-order valence-corrected chi connectivity index (χ1v) is 10.8. The molecule has 0 aliphatic carbocycles. The third-order valence-electron chi connectivity index (χ3n) is 6.71. The summed E-state index contributed by atoms with van der Waals surface area (Å²) in [7, 11) is 1.65. The van der Waals surface area contributed by atoms with Crippen molar-refractivity contribution >= 4 is 22.3 Å². The normalized spacial score (nSPS) is 23.0. The molecule has 30 heavy (non-hydrogen) atoms. The molecule has 3 aromatic rings. The Balaban J connectivity index is 1.37. The molecule has 3 aliphatic heterocycles. The second kappa shape index (κ2) is 7.09. The van der Waals surface area contributed by atoms with Crippen LogP contribution in [0.15, 0.2) is 36.7 Å². The van der Waals surface area contributed by atoms with Gasteiger partial charge in [-0.3, -0.25) is 4.98 Å². The number of methoxy groups -OCH3 is 1. The third kappa shape index (κ3) is 2.96. The van der Waals surface area contributed by atoms with Crippen molar-refractivity contribution in [1.82, 2.24) is 20.3 Å². The van der Waals surface area contributed by atoms with E-state index in [1.807, 2.05) is 12.4 Å². The maximum atomic E-state index is 5.50. The van der Waals surface area contributed by atoms with Crippen molar-refractivity contribution in [2.75, 3.05) is 36.5 Å². The van der Waals surface area contributed by atoms with Crippen molar-refractivity contribution in [1.29, 1.82) is 0 Å². The molecule has 7 heteroatoms. The molecule has 0 radical (unpaired) electrons. The fraction of sp³-hybridized carbons (Fsp3) is 0.435. The van der Waals surface area contributed by atoms with Crippen molar-refractivity contribution in [3.63, 3.8) is 0 Å². The van der Waals surface area contributed by atoms with Crippen LogP contribution >= 0.6 is 0 Å². The van der Waals surface area contributed by atoms with E-state index in [1.165, 1.54) is 23.8 Å². The first kappa shape index (κ1) is 17.9. The van der Waals surface area contributed by atoms with E-state index < -0.39 is 0 Å². The molecule has 0 spiro atoms. The van der Waals surface area contributed by atoms with Crippen molar-refractivity contribution in [3.8, 4) is 6.01 Å². The Morgan fingerprint density at radius 2 is 1.87 bits per heavy atom. The van der Waals surface area contributed by atoms with Crippen LogP contribution in [0.2, 0.25) is 0 Å². The summed E-state index contributed by atoms with van der Waals surface area (Å²) in [6, 6.07) is 10.0. The fourth-order valence-electron chi connectivity index (χ4n) is 5.27. The van der Waals surface area contributed by atoms with E-state index in [2.05, 4.69) is 44.4 Å². The lowest BCUT2D eigenvalue weighted by molar-refractivity contribution is 0.374. The van der Waals surface area contributed by atoms with Gasteiger partial charge in [0, 0.05) is 54.3 Å². The summed E-state index contributed by atoms with van der Waals surface area (Å²) in [6.07, 6.45) is 7.34. The van der Waals surface area contributed by atoms with Gasteiger partial charge in [-0.15, -0.1) is 0 Å². The molecule has 2 fully saturated rings. The minimum atomic E-state index is 0.465. The van der Waals surface area contributed by atoms with Crippen molar-refractivity contribution in [2.45, 2.75) is 37.9 Å². The van der Waals surface area contributed by atoms with Crippen molar-refractivity contribution in [2.24, 2.45) is 0 Å². The number of hydrogen-bond acceptors (Lipinski definition) is 7. The second-order valence-corrected chi connectivity index (χ2v) is 8.55. The molecule has 154 valence electrons. The lowest BCUT2D eigenvalue weighted by Gasteiger charge is -2.37. The topological polar surface area (TPSA) is 66.4 Å². The number of nitrogens with zero attached hydrogens (tertiary/aromatic N) is 5. The summed E-state index contributed by atoms with van der Waals surface area (Å²) < 4.78 is 5.50. The Kier molecular flexibility index (Phi) is 4.23. The number of hydrogen-bond donors (Lipinski definition) is 1. The minimum Gasteiger partial charge on any atom is -0.467 e. The van der Waals surface area contributed by atoms with Crippen LogP contribution in [-0.4, -0.2) is 53.8 Å². The molecule has 3 aliphatic rings. The number of pyridine rings is 1. The predicted molar refractivity (Wildman–Crippen MR) is 117 cm³/mol. The van der Waals surface area contributed by atoms with Gasteiger partial charge in [0.2, 0.25) is 0 Å². The van der Waals surface area contributed by atoms with Gasteiger partial charge in [0.25, 0.3) is 0 Å². The molecule has 7 nitrogen and oxygen atoms in total. The standard InChI is InChI=1S/C23H26N6O/c1-30-23-26-20-14-28(21-11-24-10-15-4-2-3-5-18(15)21)9-8-19(20)22(27-23)29-12-16-6-7-17(13-29)25-16/h2-5,10-11,16-17,25H,6-9,12-14H2,1H3. The number of benzene rings is 1. The van der Waals surface area contributed by atoms with Crippen LogP contribution in [0.4, 0.5) is 11.5 Å². The summed E-state index contributed by atoms with van der Waals surface area (Å²) in [5, 5.41) is 6.11. The van der Waals surface area contributed by atoms with E-state index >= 15 is 0 Å². The Bertz CT molecular complexity index is 1080. The van der Waals surface area contributed by atoms with E-state index in [-0.39, 0.29) is 0 Å². The van der Waals surface area contributed by atoms with Crippen molar-refractivity contribution in [3.05, 3.63) is 47.9 Å². The third-order valence-corrected chi connectivity index (χ3v) is 6.71. The van der Waals surface area contributed by atoms with Crippen LogP contribution in [0.25, 0.3) is 10.8 Å². The zero-order chi connectivity index (χ0) is 20.1. The molecule has 1 N–H and O–H groups in total. The maximum Gasteiger partial charge on any atom is 0.318 e. The largest absolute Gasteiger partial charge is 0.467 e. The highest BCUT2D eigenvalue weighted by molar-refractivity contribution is 5.93. The molecule has 0 saturated carbocycles. The Morgan fingerprint density at radius 3 is 2.70 bits per heavy atom. The van der Waals surface area contributed by atoms with E-state index in [0.29, 0.717) is 18.1 Å². The van der Waals surface area contributed by atoms with Gasteiger partial charge >= 0.3 is 6.01 Å². The quantitative estimate of drug-likeness (QED) is 0.722. The van der Waals surface area contributed by atoms with E-state index in [0.717, 1.165) is 55.2 Å². The van der Waals surface area contributed by atoms with Gasteiger partial charge in [-0.25, -0.2) is 0 Å². The molecule has 2 unspecified atom stereocenters. The van der Waals surface area contributed by atoms with Gasteiger partial charge < -0.3 is 19.9 Å². The Labute approximate surface area is 176 Å². The highest BCUT2D eigenvalue weighted by Crippen LogP contribution is 2.34. The highest BCUT2D eigenvalue weighted by atomic mass is 16.5. The van der Waals surface area contributed by atoms with Gasteiger partial charge in [-0.2, -0.15) is 9.97 Å². The molecule has 0 amide bonds. The average molecular weight is 403 g/mol. The molecule has 2 atom stereocenters.